The van der Waals surface area contributed by atoms with Crippen LogP contribution in [-0.4, -0.2) is 27.0 Å². The van der Waals surface area contributed by atoms with E-state index in [0.717, 1.165) is 29.2 Å². The molecule has 0 bridgehead atoms. The molecule has 0 saturated heterocycles. The molecule has 35 heavy (non-hydrogen) atoms. The first kappa shape index (κ1) is 24.1. The first-order chi connectivity index (χ1) is 16.6. The highest BCUT2D eigenvalue weighted by atomic mass is 32.1. The van der Waals surface area contributed by atoms with Crippen molar-refractivity contribution in [1.82, 2.24) is 15.3 Å². The summed E-state index contributed by atoms with van der Waals surface area (Å²) in [6, 6.07) is 10.3. The number of carbonyl (C=O) groups is 2. The number of nitrogen functional groups attached to an aromatic ring is 1. The van der Waals surface area contributed by atoms with Gasteiger partial charge in [0.05, 0.1) is 23.4 Å². The zero-order chi connectivity index (χ0) is 25.2. The van der Waals surface area contributed by atoms with Crippen molar-refractivity contribution in [3.05, 3.63) is 76.4 Å². The number of pyridine rings is 2. The quantitative estimate of drug-likeness (QED) is 0.332. The van der Waals surface area contributed by atoms with Crippen LogP contribution in [0.1, 0.15) is 32.8 Å². The molecule has 7 nitrogen and oxygen atoms in total. The van der Waals surface area contributed by atoms with E-state index in [4.69, 9.17) is 10.8 Å². The molecule has 0 aliphatic heterocycles. The Morgan fingerprint density at radius 2 is 1.86 bits per heavy atom. The van der Waals surface area contributed by atoms with Crippen LogP contribution in [0.3, 0.4) is 0 Å². The molecule has 4 rings (SSSR count). The minimum absolute atomic E-state index is 0.0561. The second-order valence-corrected chi connectivity index (χ2v) is 8.89. The number of hydrogen-bond donors (Lipinski definition) is 3. The Balaban J connectivity index is 1.53. The van der Waals surface area contributed by atoms with Crippen LogP contribution in [0, 0.1) is 0 Å². The Hall–Kier alpha value is -3.99. The number of nitrogens with one attached hydrogen (secondary N) is 1. The first-order valence-corrected chi connectivity index (χ1v) is 11.2. The number of aromatic carboxylic acids is 1. The lowest BCUT2D eigenvalue weighted by Gasteiger charge is -2.10. The van der Waals surface area contributed by atoms with Gasteiger partial charge >= 0.3 is 12.1 Å². The monoisotopic (exact) mass is 500 g/mol. The van der Waals surface area contributed by atoms with Gasteiger partial charge in [-0.05, 0) is 53.8 Å². The zero-order valence-corrected chi connectivity index (χ0v) is 18.9. The molecule has 0 atom stereocenters. The van der Waals surface area contributed by atoms with E-state index in [9.17, 15) is 22.8 Å². The molecule has 180 valence electrons. The van der Waals surface area contributed by atoms with E-state index in [0.29, 0.717) is 22.5 Å². The van der Waals surface area contributed by atoms with E-state index < -0.39 is 17.7 Å². The number of hydrogen-bond acceptors (Lipinski definition) is 6. The number of rotatable bonds is 7. The molecule has 11 heteroatoms. The number of amides is 1. The summed E-state index contributed by atoms with van der Waals surface area (Å²) < 4.78 is 41.5. The standard InChI is InChI=1S/C24H19F3N4O3S/c25-24(26,27)18-9-15(19-4-3-14(11-29-19)23(33)34)7-16-8-17(35-22(16)18)12-31-21(32)6-2-13-1-5-20(28)30-10-13/h1,3-5,7-11H,2,6,12H2,(H2,28,30)(H,31,32)(H,33,34). The second kappa shape index (κ2) is 9.71. The summed E-state index contributed by atoms with van der Waals surface area (Å²) >= 11 is 0.962. The van der Waals surface area contributed by atoms with Crippen LogP contribution in [0.25, 0.3) is 21.3 Å². The molecule has 3 heterocycles. The molecule has 0 fully saturated rings. The van der Waals surface area contributed by atoms with E-state index in [1.54, 1.807) is 30.5 Å². The number of alkyl halides is 3. The number of thiophene rings is 1. The van der Waals surface area contributed by atoms with Gasteiger partial charge in [-0.3, -0.25) is 9.78 Å². The van der Waals surface area contributed by atoms with Crippen LogP contribution in [0.5, 0.6) is 0 Å². The largest absolute Gasteiger partial charge is 0.478 e. The molecule has 1 amide bonds. The van der Waals surface area contributed by atoms with Crippen LogP contribution in [-0.2, 0) is 23.9 Å². The fourth-order valence-corrected chi connectivity index (χ4v) is 4.57. The van der Waals surface area contributed by atoms with E-state index in [-0.39, 0.29) is 40.4 Å². The van der Waals surface area contributed by atoms with Crippen molar-refractivity contribution in [2.24, 2.45) is 0 Å². The fraction of sp³-hybridized carbons (Fsp3) is 0.167. The number of fused-ring (bicyclic) bond motifs is 1. The minimum atomic E-state index is -4.60. The number of aryl methyl sites for hydroxylation is 1. The molecule has 0 unspecified atom stereocenters. The zero-order valence-electron chi connectivity index (χ0n) is 18.1. The van der Waals surface area contributed by atoms with Crippen molar-refractivity contribution in [2.75, 3.05) is 5.73 Å². The normalized spacial score (nSPS) is 11.5. The van der Waals surface area contributed by atoms with Crippen molar-refractivity contribution < 1.29 is 27.9 Å². The van der Waals surface area contributed by atoms with Crippen LogP contribution in [0.2, 0.25) is 0 Å². The molecule has 0 aliphatic rings. The van der Waals surface area contributed by atoms with Crippen molar-refractivity contribution >= 4 is 39.1 Å². The lowest BCUT2D eigenvalue weighted by atomic mass is 10.0. The first-order valence-electron chi connectivity index (χ1n) is 10.4. The van der Waals surface area contributed by atoms with Gasteiger partial charge in [0.15, 0.2) is 0 Å². The van der Waals surface area contributed by atoms with E-state index in [1.165, 1.54) is 12.1 Å². The third-order valence-electron chi connectivity index (χ3n) is 5.23. The predicted molar refractivity (Wildman–Crippen MR) is 126 cm³/mol. The van der Waals surface area contributed by atoms with Crippen molar-refractivity contribution in [2.45, 2.75) is 25.6 Å². The van der Waals surface area contributed by atoms with Crippen LogP contribution >= 0.6 is 11.3 Å². The molecular formula is C24H19F3N4O3S. The lowest BCUT2D eigenvalue weighted by Crippen LogP contribution is -2.22. The van der Waals surface area contributed by atoms with Gasteiger partial charge in [-0.1, -0.05) is 6.07 Å². The van der Waals surface area contributed by atoms with E-state index >= 15 is 0 Å². The molecular weight excluding hydrogens is 481 g/mol. The molecule has 3 aromatic heterocycles. The SMILES string of the molecule is Nc1ccc(CCC(=O)NCc2cc3cc(-c4ccc(C(=O)O)cn4)cc(C(F)(F)F)c3s2)cn1. The Morgan fingerprint density at radius 3 is 2.49 bits per heavy atom. The molecule has 4 N–H and O–H groups in total. The maximum absolute atomic E-state index is 13.8. The van der Waals surface area contributed by atoms with Gasteiger partial charge in [0, 0.05) is 34.0 Å². The van der Waals surface area contributed by atoms with Gasteiger partial charge in [-0.2, -0.15) is 13.2 Å². The van der Waals surface area contributed by atoms with Gasteiger partial charge < -0.3 is 16.2 Å². The number of aromatic nitrogens is 2. The smallest absolute Gasteiger partial charge is 0.417 e. The third-order valence-corrected chi connectivity index (χ3v) is 6.41. The average Bonchev–Trinajstić information content (AvgIpc) is 3.24. The Kier molecular flexibility index (Phi) is 6.70. The number of nitrogens with two attached hydrogens (primary N) is 1. The number of benzene rings is 1. The Bertz CT molecular complexity index is 1380. The average molecular weight is 501 g/mol. The number of carbonyl (C=O) groups excluding carboxylic acids is 1. The lowest BCUT2D eigenvalue weighted by molar-refractivity contribution is -0.136. The van der Waals surface area contributed by atoms with Crippen molar-refractivity contribution in [1.29, 1.82) is 0 Å². The van der Waals surface area contributed by atoms with Gasteiger partial charge in [0.2, 0.25) is 5.91 Å². The Labute approximate surface area is 201 Å². The van der Waals surface area contributed by atoms with E-state index in [1.807, 2.05) is 0 Å². The summed E-state index contributed by atoms with van der Waals surface area (Å²) in [6.07, 6.45) is -1.25. The van der Waals surface area contributed by atoms with Gasteiger partial charge in [-0.25, -0.2) is 9.78 Å². The Morgan fingerprint density at radius 1 is 1.06 bits per heavy atom. The second-order valence-electron chi connectivity index (χ2n) is 7.76. The molecule has 0 radical (unpaired) electrons. The number of carboxylic acid groups (broad SMARTS) is 1. The maximum atomic E-state index is 13.8. The van der Waals surface area contributed by atoms with Gasteiger partial charge in [0.25, 0.3) is 0 Å². The number of nitrogens with zero attached hydrogens (tertiary/aromatic N) is 2. The predicted octanol–water partition coefficient (Wildman–Crippen LogP) is 4.91. The van der Waals surface area contributed by atoms with Gasteiger partial charge in [-0.15, -0.1) is 11.3 Å². The van der Waals surface area contributed by atoms with Crippen LogP contribution in [0.4, 0.5) is 19.0 Å². The topological polar surface area (TPSA) is 118 Å². The summed E-state index contributed by atoms with van der Waals surface area (Å²) in [4.78, 5) is 31.8. The van der Waals surface area contributed by atoms with Crippen LogP contribution in [0.15, 0.2) is 54.9 Å². The highest BCUT2D eigenvalue weighted by molar-refractivity contribution is 7.19. The number of carboxylic acids is 1. The van der Waals surface area contributed by atoms with Crippen molar-refractivity contribution in [3.63, 3.8) is 0 Å². The van der Waals surface area contributed by atoms with Crippen molar-refractivity contribution in [3.8, 4) is 11.3 Å². The number of halogens is 3. The number of anilines is 1. The third kappa shape index (κ3) is 5.75. The highest BCUT2D eigenvalue weighted by Gasteiger charge is 2.34. The molecule has 1 aromatic carbocycles. The van der Waals surface area contributed by atoms with E-state index in [2.05, 4.69) is 15.3 Å². The summed E-state index contributed by atoms with van der Waals surface area (Å²) in [6.45, 7) is 0.0936. The molecule has 0 aliphatic carbocycles. The van der Waals surface area contributed by atoms with Crippen LogP contribution < -0.4 is 11.1 Å². The molecule has 4 aromatic rings. The molecule has 0 spiro atoms. The summed E-state index contributed by atoms with van der Waals surface area (Å²) in [5.41, 5.74) is 5.95. The molecule has 0 saturated carbocycles. The fourth-order valence-electron chi connectivity index (χ4n) is 3.46. The maximum Gasteiger partial charge on any atom is 0.417 e. The minimum Gasteiger partial charge on any atom is -0.478 e. The summed E-state index contributed by atoms with van der Waals surface area (Å²) in [5, 5.41) is 12.1. The summed E-state index contributed by atoms with van der Waals surface area (Å²) in [7, 11) is 0. The summed E-state index contributed by atoms with van der Waals surface area (Å²) in [5.74, 6) is -1.03. The highest BCUT2D eigenvalue weighted by Crippen LogP contribution is 2.41. The van der Waals surface area contributed by atoms with Gasteiger partial charge in [0.1, 0.15) is 5.82 Å².